The molecular formula is C15H13N3O. The molecule has 0 saturated carbocycles. The van der Waals surface area contributed by atoms with Crippen LogP contribution >= 0.6 is 0 Å². The van der Waals surface area contributed by atoms with E-state index in [0.717, 1.165) is 11.4 Å². The number of carbonyl (C=O) groups excluding carboxylic acids is 1. The van der Waals surface area contributed by atoms with E-state index >= 15 is 0 Å². The lowest BCUT2D eigenvalue weighted by Gasteiger charge is -2.17. The van der Waals surface area contributed by atoms with Gasteiger partial charge in [0.25, 0.3) is 0 Å². The minimum Gasteiger partial charge on any atom is -0.273 e. The zero-order valence-corrected chi connectivity index (χ0v) is 10.3. The third-order valence-corrected chi connectivity index (χ3v) is 2.84. The Morgan fingerprint density at radius 3 is 2.26 bits per heavy atom. The van der Waals surface area contributed by atoms with Crippen LogP contribution in [0.2, 0.25) is 0 Å². The summed E-state index contributed by atoms with van der Waals surface area (Å²) in [5.74, 6) is 0.668. The van der Waals surface area contributed by atoms with Gasteiger partial charge in [-0.25, -0.2) is 10.0 Å². The minimum absolute atomic E-state index is 0.0430. The molecule has 1 saturated heterocycles. The highest BCUT2D eigenvalue weighted by Gasteiger charge is 2.26. The molecule has 0 bridgehead atoms. The Hall–Kier alpha value is -2.62. The molecule has 4 nitrogen and oxygen atoms in total. The summed E-state index contributed by atoms with van der Waals surface area (Å²) in [7, 11) is 0. The number of anilines is 1. The monoisotopic (exact) mass is 251 g/mol. The van der Waals surface area contributed by atoms with Crippen molar-refractivity contribution in [3.63, 3.8) is 0 Å². The summed E-state index contributed by atoms with van der Waals surface area (Å²) in [6.07, 6.45) is 0.295. The number of hydrogen-bond donors (Lipinski definition) is 1. The second-order valence-corrected chi connectivity index (χ2v) is 4.25. The number of amidine groups is 1. The topological polar surface area (TPSA) is 44.7 Å². The van der Waals surface area contributed by atoms with Gasteiger partial charge in [0.2, 0.25) is 5.91 Å². The maximum atomic E-state index is 11.6. The SMILES string of the molecule is O=C1CC(=Nc2ccccc2)N(c2ccccc2)N1. The Morgan fingerprint density at radius 2 is 1.58 bits per heavy atom. The molecule has 1 fully saturated rings. The smallest absolute Gasteiger partial charge is 0.246 e. The van der Waals surface area contributed by atoms with Gasteiger partial charge >= 0.3 is 0 Å². The van der Waals surface area contributed by atoms with Gasteiger partial charge in [0.1, 0.15) is 5.84 Å². The molecule has 1 aliphatic heterocycles. The molecule has 1 N–H and O–H groups in total. The van der Waals surface area contributed by atoms with Crippen molar-refractivity contribution < 1.29 is 4.79 Å². The van der Waals surface area contributed by atoms with Crippen LogP contribution in [0.3, 0.4) is 0 Å². The van der Waals surface area contributed by atoms with Gasteiger partial charge in [-0.1, -0.05) is 36.4 Å². The molecule has 1 amide bonds. The van der Waals surface area contributed by atoms with Crippen LogP contribution in [-0.4, -0.2) is 11.7 Å². The number of nitrogens with one attached hydrogen (secondary N) is 1. The predicted molar refractivity (Wildman–Crippen MR) is 75.2 cm³/mol. The molecule has 0 atom stereocenters. The van der Waals surface area contributed by atoms with Crippen LogP contribution < -0.4 is 10.4 Å². The third kappa shape index (κ3) is 2.47. The number of nitrogens with zero attached hydrogens (tertiary/aromatic N) is 2. The van der Waals surface area contributed by atoms with Crippen LogP contribution in [0.15, 0.2) is 65.7 Å². The Morgan fingerprint density at radius 1 is 0.947 bits per heavy atom. The van der Waals surface area contributed by atoms with Gasteiger partial charge in [0.05, 0.1) is 17.8 Å². The van der Waals surface area contributed by atoms with E-state index in [9.17, 15) is 4.79 Å². The Balaban J connectivity index is 1.95. The van der Waals surface area contributed by atoms with Gasteiger partial charge in [0, 0.05) is 0 Å². The number of amides is 1. The summed E-state index contributed by atoms with van der Waals surface area (Å²) in [5.41, 5.74) is 4.55. The fourth-order valence-corrected chi connectivity index (χ4v) is 1.98. The number of hydrogen-bond acceptors (Lipinski definition) is 2. The van der Waals surface area contributed by atoms with Crippen molar-refractivity contribution in [3.8, 4) is 0 Å². The molecule has 0 spiro atoms. The van der Waals surface area contributed by atoms with E-state index in [2.05, 4.69) is 10.4 Å². The van der Waals surface area contributed by atoms with Crippen LogP contribution in [0, 0.1) is 0 Å². The molecule has 2 aromatic carbocycles. The lowest BCUT2D eigenvalue weighted by molar-refractivity contribution is -0.118. The van der Waals surface area contributed by atoms with Gasteiger partial charge in [0.15, 0.2) is 0 Å². The highest BCUT2D eigenvalue weighted by Crippen LogP contribution is 2.20. The first-order chi connectivity index (χ1) is 9.33. The summed E-state index contributed by atoms with van der Waals surface area (Å²) in [4.78, 5) is 16.1. The molecule has 0 aromatic heterocycles. The fraction of sp³-hybridized carbons (Fsp3) is 0.0667. The largest absolute Gasteiger partial charge is 0.273 e. The van der Waals surface area contributed by atoms with Crippen molar-refractivity contribution in [1.29, 1.82) is 0 Å². The van der Waals surface area contributed by atoms with Crippen LogP contribution in [-0.2, 0) is 4.79 Å². The molecule has 3 rings (SSSR count). The van der Waals surface area contributed by atoms with Crippen molar-refractivity contribution in [2.75, 3.05) is 5.01 Å². The van der Waals surface area contributed by atoms with Crippen LogP contribution in [0.25, 0.3) is 0 Å². The Labute approximate surface area is 111 Å². The average molecular weight is 251 g/mol. The molecule has 94 valence electrons. The van der Waals surface area contributed by atoms with Gasteiger partial charge in [-0.3, -0.25) is 10.2 Å². The maximum Gasteiger partial charge on any atom is 0.246 e. The fourth-order valence-electron chi connectivity index (χ4n) is 1.98. The third-order valence-electron chi connectivity index (χ3n) is 2.84. The predicted octanol–water partition coefficient (Wildman–Crippen LogP) is 2.66. The zero-order valence-electron chi connectivity index (χ0n) is 10.3. The number of para-hydroxylation sites is 2. The van der Waals surface area contributed by atoms with E-state index in [4.69, 9.17) is 0 Å². The molecule has 1 aliphatic rings. The second-order valence-electron chi connectivity index (χ2n) is 4.25. The zero-order chi connectivity index (χ0) is 13.1. The molecular weight excluding hydrogens is 238 g/mol. The van der Waals surface area contributed by atoms with Crippen molar-refractivity contribution in [3.05, 3.63) is 60.7 Å². The highest BCUT2D eigenvalue weighted by atomic mass is 16.2. The Kier molecular flexibility index (Phi) is 2.98. The molecule has 0 unspecified atom stereocenters. The van der Waals surface area contributed by atoms with E-state index in [1.165, 1.54) is 0 Å². The second kappa shape index (κ2) is 4.94. The first-order valence-electron chi connectivity index (χ1n) is 6.10. The number of benzene rings is 2. The number of hydrazine groups is 1. The van der Waals surface area contributed by atoms with Gasteiger partial charge < -0.3 is 0 Å². The lowest BCUT2D eigenvalue weighted by atomic mass is 10.3. The van der Waals surface area contributed by atoms with Gasteiger partial charge in [-0.2, -0.15) is 0 Å². The first kappa shape index (κ1) is 11.5. The number of carbonyl (C=O) groups is 1. The molecule has 2 aromatic rings. The van der Waals surface area contributed by atoms with Crippen molar-refractivity contribution in [1.82, 2.24) is 5.43 Å². The number of rotatable bonds is 2. The quantitative estimate of drug-likeness (QED) is 0.891. The van der Waals surface area contributed by atoms with E-state index in [-0.39, 0.29) is 5.91 Å². The molecule has 0 aliphatic carbocycles. The normalized spacial score (nSPS) is 16.7. The van der Waals surface area contributed by atoms with E-state index in [0.29, 0.717) is 12.3 Å². The molecule has 0 radical (unpaired) electrons. The molecule has 1 heterocycles. The highest BCUT2D eigenvalue weighted by molar-refractivity contribution is 6.15. The lowest BCUT2D eigenvalue weighted by Crippen LogP contribution is -2.35. The van der Waals surface area contributed by atoms with Crippen LogP contribution in [0.5, 0.6) is 0 Å². The van der Waals surface area contributed by atoms with E-state index in [1.807, 2.05) is 60.7 Å². The van der Waals surface area contributed by atoms with Gasteiger partial charge in [-0.05, 0) is 24.3 Å². The van der Waals surface area contributed by atoms with Crippen LogP contribution in [0.1, 0.15) is 6.42 Å². The summed E-state index contributed by atoms with van der Waals surface area (Å²) in [6, 6.07) is 19.3. The summed E-state index contributed by atoms with van der Waals surface area (Å²) < 4.78 is 0. The molecule has 19 heavy (non-hydrogen) atoms. The molecule has 4 heteroatoms. The minimum atomic E-state index is -0.0430. The Bertz CT molecular complexity index is 608. The summed E-state index contributed by atoms with van der Waals surface area (Å²) in [5, 5.41) is 1.73. The van der Waals surface area contributed by atoms with Crippen molar-refractivity contribution in [2.45, 2.75) is 6.42 Å². The average Bonchev–Trinajstić information content (AvgIpc) is 2.82. The standard InChI is InChI=1S/C15H13N3O/c19-15-11-14(16-12-7-3-1-4-8-12)18(17-15)13-9-5-2-6-10-13/h1-10H,11H2,(H,17,19). The van der Waals surface area contributed by atoms with Gasteiger partial charge in [-0.15, -0.1) is 0 Å². The van der Waals surface area contributed by atoms with E-state index < -0.39 is 0 Å². The van der Waals surface area contributed by atoms with E-state index in [1.54, 1.807) is 5.01 Å². The number of aliphatic imine (C=N–C) groups is 1. The summed E-state index contributed by atoms with van der Waals surface area (Å²) in [6.45, 7) is 0. The van der Waals surface area contributed by atoms with Crippen molar-refractivity contribution in [2.24, 2.45) is 4.99 Å². The van der Waals surface area contributed by atoms with Crippen molar-refractivity contribution >= 4 is 23.1 Å². The summed E-state index contributed by atoms with van der Waals surface area (Å²) >= 11 is 0. The van der Waals surface area contributed by atoms with Crippen LogP contribution in [0.4, 0.5) is 11.4 Å². The maximum absolute atomic E-state index is 11.6. The first-order valence-corrected chi connectivity index (χ1v) is 6.10.